The second kappa shape index (κ2) is 7.26. The number of hydrogen-bond donors (Lipinski definition) is 1. The van der Waals surface area contributed by atoms with E-state index in [1.807, 2.05) is 19.1 Å². The van der Waals surface area contributed by atoms with E-state index in [1.165, 1.54) is 6.08 Å². The molecule has 1 aromatic carbocycles. The molecular formula is C17H18N2O3. The zero-order chi connectivity index (χ0) is 15.9. The lowest BCUT2D eigenvalue weighted by Gasteiger charge is -2.07. The molecule has 0 aliphatic carbocycles. The average molecular weight is 298 g/mol. The number of anilines is 1. The third-order valence-corrected chi connectivity index (χ3v) is 3.00. The molecule has 2 aromatic rings. The van der Waals surface area contributed by atoms with E-state index in [2.05, 4.69) is 10.3 Å². The highest BCUT2D eigenvalue weighted by atomic mass is 16.5. The van der Waals surface area contributed by atoms with Crippen molar-refractivity contribution in [3.8, 4) is 11.5 Å². The summed E-state index contributed by atoms with van der Waals surface area (Å²) in [5.74, 6) is 1.54. The van der Waals surface area contributed by atoms with Crippen molar-refractivity contribution in [3.63, 3.8) is 0 Å². The zero-order valence-electron chi connectivity index (χ0n) is 12.8. The molecule has 5 nitrogen and oxygen atoms in total. The van der Waals surface area contributed by atoms with Gasteiger partial charge in [-0.25, -0.2) is 4.98 Å². The molecule has 1 N–H and O–H groups in total. The Labute approximate surface area is 129 Å². The number of pyridine rings is 1. The Kier molecular flexibility index (Phi) is 5.14. The van der Waals surface area contributed by atoms with Gasteiger partial charge in [0, 0.05) is 12.3 Å². The Morgan fingerprint density at radius 1 is 1.14 bits per heavy atom. The van der Waals surface area contributed by atoms with Crippen LogP contribution in [0.2, 0.25) is 0 Å². The Bertz CT molecular complexity index is 679. The third-order valence-electron chi connectivity index (χ3n) is 3.00. The number of benzene rings is 1. The van der Waals surface area contributed by atoms with Crippen LogP contribution in [-0.2, 0) is 4.79 Å². The van der Waals surface area contributed by atoms with E-state index in [0.29, 0.717) is 17.3 Å². The van der Waals surface area contributed by atoms with Crippen LogP contribution >= 0.6 is 0 Å². The maximum Gasteiger partial charge on any atom is 0.249 e. The van der Waals surface area contributed by atoms with E-state index in [1.54, 1.807) is 44.7 Å². The van der Waals surface area contributed by atoms with Gasteiger partial charge in [0.1, 0.15) is 5.82 Å². The minimum atomic E-state index is -0.244. The highest BCUT2D eigenvalue weighted by Gasteiger charge is 2.03. The lowest BCUT2D eigenvalue weighted by Crippen LogP contribution is -2.08. The normalized spacial score (nSPS) is 10.5. The van der Waals surface area contributed by atoms with E-state index in [0.717, 1.165) is 11.1 Å². The monoisotopic (exact) mass is 298 g/mol. The van der Waals surface area contributed by atoms with Gasteiger partial charge in [0.05, 0.1) is 14.2 Å². The van der Waals surface area contributed by atoms with Gasteiger partial charge < -0.3 is 14.8 Å². The largest absolute Gasteiger partial charge is 0.493 e. The summed E-state index contributed by atoms with van der Waals surface area (Å²) in [6.45, 7) is 1.94. The van der Waals surface area contributed by atoms with Gasteiger partial charge in [-0.15, -0.1) is 0 Å². The SMILES string of the molecule is COc1ccc(C=CC(=O)Nc2ccc(C)cn2)cc1OC. The second-order valence-corrected chi connectivity index (χ2v) is 4.66. The quantitative estimate of drug-likeness (QED) is 0.862. The molecule has 0 bridgehead atoms. The number of carbonyl (C=O) groups excluding carboxylic acids is 1. The van der Waals surface area contributed by atoms with Crippen molar-refractivity contribution >= 4 is 17.8 Å². The maximum atomic E-state index is 11.9. The number of aryl methyl sites for hydroxylation is 1. The molecule has 1 heterocycles. The molecule has 1 aromatic heterocycles. The first-order valence-electron chi connectivity index (χ1n) is 6.76. The number of carbonyl (C=O) groups is 1. The average Bonchev–Trinajstić information content (AvgIpc) is 2.54. The second-order valence-electron chi connectivity index (χ2n) is 4.66. The molecule has 0 spiro atoms. The van der Waals surface area contributed by atoms with Gasteiger partial charge in [0.25, 0.3) is 0 Å². The summed E-state index contributed by atoms with van der Waals surface area (Å²) in [7, 11) is 3.15. The molecule has 0 aliphatic rings. The van der Waals surface area contributed by atoms with Crippen molar-refractivity contribution in [1.82, 2.24) is 4.98 Å². The van der Waals surface area contributed by atoms with E-state index in [4.69, 9.17) is 9.47 Å². The highest BCUT2D eigenvalue weighted by Crippen LogP contribution is 2.27. The topological polar surface area (TPSA) is 60.5 Å². The van der Waals surface area contributed by atoms with Gasteiger partial charge in [-0.3, -0.25) is 4.79 Å². The molecule has 0 saturated carbocycles. The molecule has 22 heavy (non-hydrogen) atoms. The van der Waals surface area contributed by atoms with Crippen LogP contribution in [0.5, 0.6) is 11.5 Å². The van der Waals surface area contributed by atoms with Crippen LogP contribution in [-0.4, -0.2) is 25.1 Å². The van der Waals surface area contributed by atoms with Gasteiger partial charge in [-0.1, -0.05) is 12.1 Å². The van der Waals surface area contributed by atoms with Crippen LogP contribution in [0, 0.1) is 6.92 Å². The fourth-order valence-corrected chi connectivity index (χ4v) is 1.84. The number of methoxy groups -OCH3 is 2. The Morgan fingerprint density at radius 2 is 1.91 bits per heavy atom. The van der Waals surface area contributed by atoms with Gasteiger partial charge in [0.2, 0.25) is 5.91 Å². The summed E-state index contributed by atoms with van der Waals surface area (Å²) in [6.07, 6.45) is 4.85. The summed E-state index contributed by atoms with van der Waals surface area (Å²) < 4.78 is 10.4. The fraction of sp³-hybridized carbons (Fsp3) is 0.176. The minimum absolute atomic E-state index is 0.244. The summed E-state index contributed by atoms with van der Waals surface area (Å²) in [5, 5.41) is 2.70. The van der Waals surface area contributed by atoms with Gasteiger partial charge in [0.15, 0.2) is 11.5 Å². The predicted molar refractivity (Wildman–Crippen MR) is 86.2 cm³/mol. The molecule has 0 radical (unpaired) electrons. The Hall–Kier alpha value is -2.82. The fourth-order valence-electron chi connectivity index (χ4n) is 1.84. The number of nitrogens with one attached hydrogen (secondary N) is 1. The summed E-state index contributed by atoms with van der Waals surface area (Å²) in [6, 6.07) is 9.08. The molecule has 0 fully saturated rings. The number of aromatic nitrogens is 1. The number of ether oxygens (including phenoxy) is 2. The van der Waals surface area contributed by atoms with Crippen molar-refractivity contribution < 1.29 is 14.3 Å². The lowest BCUT2D eigenvalue weighted by molar-refractivity contribution is -0.111. The first-order valence-corrected chi connectivity index (χ1v) is 6.76. The van der Waals surface area contributed by atoms with Gasteiger partial charge in [-0.2, -0.15) is 0 Å². The van der Waals surface area contributed by atoms with Crippen molar-refractivity contribution in [1.29, 1.82) is 0 Å². The number of nitrogens with zero attached hydrogens (tertiary/aromatic N) is 1. The van der Waals surface area contributed by atoms with E-state index in [9.17, 15) is 4.79 Å². The summed E-state index contributed by atoms with van der Waals surface area (Å²) in [4.78, 5) is 16.0. The van der Waals surface area contributed by atoms with Crippen LogP contribution in [0.15, 0.2) is 42.6 Å². The summed E-state index contributed by atoms with van der Waals surface area (Å²) >= 11 is 0. The van der Waals surface area contributed by atoms with Crippen molar-refractivity contribution in [2.24, 2.45) is 0 Å². The van der Waals surface area contributed by atoms with Crippen molar-refractivity contribution in [3.05, 3.63) is 53.7 Å². The maximum absolute atomic E-state index is 11.9. The Morgan fingerprint density at radius 3 is 2.55 bits per heavy atom. The molecule has 2 rings (SSSR count). The number of hydrogen-bond acceptors (Lipinski definition) is 4. The predicted octanol–water partition coefficient (Wildman–Crippen LogP) is 3.06. The highest BCUT2D eigenvalue weighted by molar-refractivity contribution is 6.01. The van der Waals surface area contributed by atoms with Gasteiger partial charge in [-0.05, 0) is 42.3 Å². The number of rotatable bonds is 5. The third kappa shape index (κ3) is 4.09. The van der Waals surface area contributed by atoms with Gasteiger partial charge >= 0.3 is 0 Å². The molecule has 114 valence electrons. The van der Waals surface area contributed by atoms with Crippen LogP contribution < -0.4 is 14.8 Å². The van der Waals surface area contributed by atoms with Crippen LogP contribution in [0.25, 0.3) is 6.08 Å². The minimum Gasteiger partial charge on any atom is -0.493 e. The first-order chi connectivity index (χ1) is 10.6. The van der Waals surface area contributed by atoms with Crippen molar-refractivity contribution in [2.75, 3.05) is 19.5 Å². The van der Waals surface area contributed by atoms with Crippen LogP contribution in [0.4, 0.5) is 5.82 Å². The van der Waals surface area contributed by atoms with E-state index < -0.39 is 0 Å². The molecule has 0 unspecified atom stereocenters. The molecule has 5 heteroatoms. The molecular weight excluding hydrogens is 280 g/mol. The molecule has 1 amide bonds. The van der Waals surface area contributed by atoms with Crippen LogP contribution in [0.3, 0.4) is 0 Å². The van der Waals surface area contributed by atoms with Crippen LogP contribution in [0.1, 0.15) is 11.1 Å². The number of amides is 1. The first kappa shape index (κ1) is 15.6. The zero-order valence-corrected chi connectivity index (χ0v) is 12.8. The van der Waals surface area contributed by atoms with E-state index in [-0.39, 0.29) is 5.91 Å². The molecule has 0 aliphatic heterocycles. The molecule has 0 saturated heterocycles. The summed E-state index contributed by atoms with van der Waals surface area (Å²) in [5.41, 5.74) is 1.88. The van der Waals surface area contributed by atoms with E-state index >= 15 is 0 Å². The smallest absolute Gasteiger partial charge is 0.249 e. The Balaban J connectivity index is 2.04. The van der Waals surface area contributed by atoms with Crippen molar-refractivity contribution in [2.45, 2.75) is 6.92 Å². The standard InChI is InChI=1S/C17H18N2O3/c1-12-4-8-16(18-11-12)19-17(20)9-6-13-5-7-14(21-2)15(10-13)22-3/h4-11H,1-3H3,(H,18,19,20). The lowest BCUT2D eigenvalue weighted by atomic mass is 10.2. The molecule has 0 atom stereocenters.